The molecule has 2 atom stereocenters. The summed E-state index contributed by atoms with van der Waals surface area (Å²) in [5.41, 5.74) is -3.25. The lowest BCUT2D eigenvalue weighted by Crippen LogP contribution is -2.36. The van der Waals surface area contributed by atoms with Gasteiger partial charge in [0, 0.05) is 24.1 Å². The summed E-state index contributed by atoms with van der Waals surface area (Å²) in [5, 5.41) is 3.35. The lowest BCUT2D eigenvalue weighted by molar-refractivity contribution is -0.0328. The molecule has 0 bridgehead atoms. The van der Waals surface area contributed by atoms with Crippen LogP contribution in [0, 0.1) is 0 Å². The molecule has 0 saturated carbocycles. The molecule has 0 spiro atoms. The minimum absolute atomic E-state index is 0.0862. The molecule has 0 aliphatic carbocycles. The molecule has 2 nitrogen and oxygen atoms in total. The minimum Gasteiger partial charge on any atom is -0.377 e. The lowest BCUT2D eigenvalue weighted by Gasteiger charge is -2.20. The highest BCUT2D eigenvalue weighted by molar-refractivity contribution is 8.00. The maximum absolute atomic E-state index is 12.2. The van der Waals surface area contributed by atoms with Gasteiger partial charge in [-0.1, -0.05) is 12.1 Å². The molecule has 1 aromatic carbocycles. The SMILES string of the molecule is CC(NCc1ccc(SC(F)(F)F)cc1)C1CCCO1. The standard InChI is InChI=1S/C14H18F3NOS/c1-10(13-3-2-8-19-13)18-9-11-4-6-12(7-5-11)20-14(15,16)17/h4-7,10,13,18H,2-3,8-9H2,1H3. The van der Waals surface area contributed by atoms with Gasteiger partial charge in [0.1, 0.15) is 0 Å². The van der Waals surface area contributed by atoms with Gasteiger partial charge in [-0.2, -0.15) is 13.2 Å². The average molecular weight is 305 g/mol. The van der Waals surface area contributed by atoms with Crippen LogP contribution in [-0.4, -0.2) is 24.3 Å². The van der Waals surface area contributed by atoms with E-state index in [0.29, 0.717) is 6.54 Å². The molecule has 1 saturated heterocycles. The summed E-state index contributed by atoms with van der Waals surface area (Å²) < 4.78 is 42.2. The molecule has 1 aromatic rings. The number of alkyl halides is 3. The molecule has 2 rings (SSSR count). The normalized spacial score (nSPS) is 21.1. The van der Waals surface area contributed by atoms with E-state index in [1.54, 1.807) is 12.1 Å². The van der Waals surface area contributed by atoms with E-state index in [2.05, 4.69) is 12.2 Å². The zero-order valence-corrected chi connectivity index (χ0v) is 12.1. The maximum atomic E-state index is 12.2. The zero-order valence-electron chi connectivity index (χ0n) is 11.2. The van der Waals surface area contributed by atoms with Crippen molar-refractivity contribution in [1.82, 2.24) is 5.32 Å². The smallest absolute Gasteiger partial charge is 0.377 e. The third-order valence-electron chi connectivity index (χ3n) is 3.31. The number of hydrogen-bond donors (Lipinski definition) is 1. The molecule has 1 aliphatic heterocycles. The van der Waals surface area contributed by atoms with E-state index in [-0.39, 0.29) is 28.8 Å². The molecule has 20 heavy (non-hydrogen) atoms. The summed E-state index contributed by atoms with van der Waals surface area (Å²) in [7, 11) is 0. The molecule has 1 N–H and O–H groups in total. The van der Waals surface area contributed by atoms with Gasteiger partial charge in [0.05, 0.1) is 6.10 Å². The lowest BCUT2D eigenvalue weighted by atomic mass is 10.1. The first-order chi connectivity index (χ1) is 9.44. The third-order valence-corrected chi connectivity index (χ3v) is 4.05. The van der Waals surface area contributed by atoms with E-state index in [0.717, 1.165) is 25.0 Å². The molecule has 2 unspecified atom stereocenters. The van der Waals surface area contributed by atoms with E-state index in [4.69, 9.17) is 4.74 Å². The summed E-state index contributed by atoms with van der Waals surface area (Å²) in [4.78, 5) is 0.216. The summed E-state index contributed by atoms with van der Waals surface area (Å²) in [6.07, 6.45) is 2.41. The fourth-order valence-corrected chi connectivity index (χ4v) is 2.76. The van der Waals surface area contributed by atoms with Crippen molar-refractivity contribution in [3.63, 3.8) is 0 Å². The number of benzene rings is 1. The van der Waals surface area contributed by atoms with Gasteiger partial charge in [0.15, 0.2) is 0 Å². The van der Waals surface area contributed by atoms with Crippen LogP contribution < -0.4 is 5.32 Å². The molecule has 6 heteroatoms. The number of ether oxygens (including phenoxy) is 1. The van der Waals surface area contributed by atoms with E-state index in [1.807, 2.05) is 0 Å². The van der Waals surface area contributed by atoms with Gasteiger partial charge >= 0.3 is 5.51 Å². The molecule has 0 aromatic heterocycles. The Morgan fingerprint density at radius 3 is 2.60 bits per heavy atom. The first-order valence-corrected chi connectivity index (χ1v) is 7.45. The van der Waals surface area contributed by atoms with Crippen LogP contribution >= 0.6 is 11.8 Å². The summed E-state index contributed by atoms with van der Waals surface area (Å²) >= 11 is -0.0862. The van der Waals surface area contributed by atoms with Crippen LogP contribution in [0.4, 0.5) is 13.2 Å². The van der Waals surface area contributed by atoms with Crippen LogP contribution in [0.25, 0.3) is 0 Å². The largest absolute Gasteiger partial charge is 0.446 e. The van der Waals surface area contributed by atoms with Crippen LogP contribution in [0.1, 0.15) is 25.3 Å². The molecular formula is C14H18F3NOS. The molecule has 0 radical (unpaired) electrons. The van der Waals surface area contributed by atoms with Gasteiger partial charge in [0.2, 0.25) is 0 Å². The van der Waals surface area contributed by atoms with Gasteiger partial charge in [-0.25, -0.2) is 0 Å². The van der Waals surface area contributed by atoms with Crippen molar-refractivity contribution in [2.75, 3.05) is 6.61 Å². The van der Waals surface area contributed by atoms with Crippen molar-refractivity contribution in [3.8, 4) is 0 Å². The number of nitrogens with one attached hydrogen (secondary N) is 1. The molecular weight excluding hydrogens is 287 g/mol. The number of rotatable bonds is 5. The Bertz CT molecular complexity index is 415. The fourth-order valence-electron chi connectivity index (χ4n) is 2.22. The first kappa shape index (κ1) is 15.7. The van der Waals surface area contributed by atoms with Gasteiger partial charge in [-0.3, -0.25) is 0 Å². The van der Waals surface area contributed by atoms with Gasteiger partial charge in [-0.05, 0) is 49.2 Å². The topological polar surface area (TPSA) is 21.3 Å². The summed E-state index contributed by atoms with van der Waals surface area (Å²) in [6, 6.07) is 6.71. The number of hydrogen-bond acceptors (Lipinski definition) is 3. The van der Waals surface area contributed by atoms with Crippen molar-refractivity contribution in [2.24, 2.45) is 0 Å². The zero-order chi connectivity index (χ0) is 14.6. The highest BCUT2D eigenvalue weighted by Gasteiger charge is 2.29. The Morgan fingerprint density at radius 2 is 2.05 bits per heavy atom. The molecule has 112 valence electrons. The van der Waals surface area contributed by atoms with Gasteiger partial charge in [0.25, 0.3) is 0 Å². The van der Waals surface area contributed by atoms with Crippen molar-refractivity contribution < 1.29 is 17.9 Å². The van der Waals surface area contributed by atoms with E-state index < -0.39 is 5.51 Å². The van der Waals surface area contributed by atoms with Gasteiger partial charge in [-0.15, -0.1) is 0 Å². The summed E-state index contributed by atoms with van der Waals surface area (Å²) in [5.74, 6) is 0. The minimum atomic E-state index is -4.23. The fraction of sp³-hybridized carbons (Fsp3) is 0.571. The van der Waals surface area contributed by atoms with Crippen LogP contribution in [0.15, 0.2) is 29.2 Å². The van der Waals surface area contributed by atoms with Crippen molar-refractivity contribution in [1.29, 1.82) is 0 Å². The summed E-state index contributed by atoms with van der Waals surface area (Å²) in [6.45, 7) is 3.53. The van der Waals surface area contributed by atoms with Crippen molar-refractivity contribution in [2.45, 2.75) is 48.9 Å². The van der Waals surface area contributed by atoms with Crippen molar-refractivity contribution >= 4 is 11.8 Å². The molecule has 1 heterocycles. The predicted octanol–water partition coefficient (Wildman–Crippen LogP) is 3.96. The van der Waals surface area contributed by atoms with E-state index >= 15 is 0 Å². The Labute approximate surface area is 121 Å². The Balaban J connectivity index is 1.81. The molecule has 1 fully saturated rings. The van der Waals surface area contributed by atoms with Crippen molar-refractivity contribution in [3.05, 3.63) is 29.8 Å². The second kappa shape index (κ2) is 6.83. The number of thioether (sulfide) groups is 1. The third kappa shape index (κ3) is 5.00. The maximum Gasteiger partial charge on any atom is 0.446 e. The second-order valence-electron chi connectivity index (χ2n) is 4.91. The Kier molecular flexibility index (Phi) is 5.35. The number of halogens is 3. The average Bonchev–Trinajstić information content (AvgIpc) is 2.89. The second-order valence-corrected chi connectivity index (χ2v) is 6.05. The Morgan fingerprint density at radius 1 is 1.35 bits per heavy atom. The quantitative estimate of drug-likeness (QED) is 0.832. The van der Waals surface area contributed by atoms with Gasteiger partial charge < -0.3 is 10.1 Å². The van der Waals surface area contributed by atoms with E-state index in [1.165, 1.54) is 12.1 Å². The van der Waals surface area contributed by atoms with Crippen LogP contribution in [0.2, 0.25) is 0 Å². The van der Waals surface area contributed by atoms with Crippen LogP contribution in [-0.2, 0) is 11.3 Å². The first-order valence-electron chi connectivity index (χ1n) is 6.64. The predicted molar refractivity (Wildman–Crippen MR) is 73.6 cm³/mol. The highest BCUT2D eigenvalue weighted by atomic mass is 32.2. The van der Waals surface area contributed by atoms with Crippen LogP contribution in [0.3, 0.4) is 0 Å². The molecule has 1 aliphatic rings. The van der Waals surface area contributed by atoms with E-state index in [9.17, 15) is 13.2 Å². The molecule has 0 amide bonds. The monoisotopic (exact) mass is 305 g/mol. The Hall–Kier alpha value is -0.720. The van der Waals surface area contributed by atoms with Crippen LogP contribution in [0.5, 0.6) is 0 Å². The highest BCUT2D eigenvalue weighted by Crippen LogP contribution is 2.36.